The molecular formula is C28H20ClN3O5. The van der Waals surface area contributed by atoms with Crippen molar-refractivity contribution in [3.63, 3.8) is 0 Å². The van der Waals surface area contributed by atoms with Gasteiger partial charge in [0.1, 0.15) is 6.04 Å². The van der Waals surface area contributed by atoms with Gasteiger partial charge in [-0.3, -0.25) is 19.7 Å². The third kappa shape index (κ3) is 3.67. The molecule has 0 aliphatic carbocycles. The summed E-state index contributed by atoms with van der Waals surface area (Å²) in [6.45, 7) is 0. The largest absolute Gasteiger partial charge is 0.468 e. The predicted molar refractivity (Wildman–Crippen MR) is 137 cm³/mol. The van der Waals surface area contributed by atoms with Crippen molar-refractivity contribution in [2.75, 3.05) is 12.0 Å². The lowest BCUT2D eigenvalue weighted by Gasteiger charge is -2.36. The van der Waals surface area contributed by atoms with E-state index in [1.165, 1.54) is 31.4 Å². The van der Waals surface area contributed by atoms with E-state index in [1.54, 1.807) is 35.2 Å². The van der Waals surface area contributed by atoms with Gasteiger partial charge < -0.3 is 9.64 Å². The first-order chi connectivity index (χ1) is 17.8. The van der Waals surface area contributed by atoms with Gasteiger partial charge in [-0.15, -0.1) is 0 Å². The molecule has 184 valence electrons. The monoisotopic (exact) mass is 513 g/mol. The fourth-order valence-electron chi connectivity index (χ4n) is 5.50. The molecule has 3 aromatic rings. The van der Waals surface area contributed by atoms with Gasteiger partial charge in [0.25, 0.3) is 5.69 Å². The molecule has 37 heavy (non-hydrogen) atoms. The minimum Gasteiger partial charge on any atom is -0.468 e. The Morgan fingerprint density at radius 3 is 2.38 bits per heavy atom. The molecule has 8 nitrogen and oxygen atoms in total. The standard InChI is InChI=1S/C28H20ClN3O5/c1-37-27(34)28(16-30)23-15-10-17-4-2-3-5-22(17)31(23)25(26(33)19-6-11-20(29)12-7-19)24(28)18-8-13-21(14-9-18)32(35)36/h2-15,23-25H,1H3/t23-,24+,25+,28-/m0/s1. The molecule has 2 aliphatic rings. The average molecular weight is 514 g/mol. The van der Waals surface area contributed by atoms with E-state index < -0.39 is 34.3 Å². The summed E-state index contributed by atoms with van der Waals surface area (Å²) in [6, 6.07) is 19.8. The maximum atomic E-state index is 14.2. The first kappa shape index (κ1) is 24.2. The molecule has 0 aromatic heterocycles. The highest BCUT2D eigenvalue weighted by Crippen LogP contribution is 2.56. The number of nitro benzene ring substituents is 1. The van der Waals surface area contributed by atoms with Gasteiger partial charge in [0.05, 0.1) is 24.1 Å². The molecule has 1 fully saturated rings. The number of nitriles is 1. The zero-order chi connectivity index (χ0) is 26.3. The van der Waals surface area contributed by atoms with Crippen LogP contribution in [0, 0.1) is 26.9 Å². The molecular weight excluding hydrogens is 494 g/mol. The highest BCUT2D eigenvalue weighted by Gasteiger charge is 2.67. The van der Waals surface area contributed by atoms with E-state index in [1.807, 2.05) is 30.3 Å². The molecule has 3 aromatic carbocycles. The van der Waals surface area contributed by atoms with E-state index in [0.29, 0.717) is 21.8 Å². The highest BCUT2D eigenvalue weighted by atomic mass is 35.5. The van der Waals surface area contributed by atoms with Crippen LogP contribution >= 0.6 is 11.6 Å². The smallest absolute Gasteiger partial charge is 0.329 e. The molecule has 0 N–H and O–H groups in total. The number of Topliss-reactive ketones (excluding diaryl/α,β-unsaturated/α-hetero) is 1. The number of ketones is 1. The van der Waals surface area contributed by atoms with Crippen molar-refractivity contribution in [2.24, 2.45) is 5.41 Å². The molecule has 2 heterocycles. The molecule has 1 saturated heterocycles. The third-order valence-corrected chi connectivity index (χ3v) is 7.37. The van der Waals surface area contributed by atoms with E-state index in [2.05, 4.69) is 6.07 Å². The predicted octanol–water partition coefficient (Wildman–Crippen LogP) is 5.18. The number of carbonyl (C=O) groups excluding carboxylic acids is 2. The number of ether oxygens (including phenoxy) is 1. The summed E-state index contributed by atoms with van der Waals surface area (Å²) in [7, 11) is 1.20. The number of fused-ring (bicyclic) bond motifs is 3. The number of benzene rings is 3. The number of carbonyl (C=O) groups is 2. The topological polar surface area (TPSA) is 114 Å². The van der Waals surface area contributed by atoms with Crippen LogP contribution in [0.2, 0.25) is 5.02 Å². The average Bonchev–Trinajstić information content (AvgIpc) is 3.24. The normalized spacial score (nSPS) is 23.5. The van der Waals surface area contributed by atoms with Crippen molar-refractivity contribution < 1.29 is 19.2 Å². The van der Waals surface area contributed by atoms with Gasteiger partial charge in [-0.25, -0.2) is 0 Å². The summed E-state index contributed by atoms with van der Waals surface area (Å²) in [4.78, 5) is 40.3. The Kier molecular flexibility index (Phi) is 6.02. The number of esters is 1. The summed E-state index contributed by atoms with van der Waals surface area (Å²) in [5, 5.41) is 22.4. The van der Waals surface area contributed by atoms with Crippen molar-refractivity contribution in [2.45, 2.75) is 18.0 Å². The molecule has 0 spiro atoms. The number of non-ortho nitro benzene ring substituents is 1. The van der Waals surface area contributed by atoms with E-state index in [4.69, 9.17) is 16.3 Å². The maximum absolute atomic E-state index is 14.2. The zero-order valence-corrected chi connectivity index (χ0v) is 20.3. The van der Waals surface area contributed by atoms with Crippen LogP contribution in [0.4, 0.5) is 11.4 Å². The molecule has 0 unspecified atom stereocenters. The summed E-state index contributed by atoms with van der Waals surface area (Å²) in [5.41, 5.74) is 0.340. The Bertz CT molecular complexity index is 1480. The maximum Gasteiger partial charge on any atom is 0.329 e. The molecule has 5 rings (SSSR count). The Morgan fingerprint density at radius 2 is 1.76 bits per heavy atom. The molecule has 0 radical (unpaired) electrons. The minimum atomic E-state index is -1.82. The summed E-state index contributed by atoms with van der Waals surface area (Å²) in [5.74, 6) is -2.12. The van der Waals surface area contributed by atoms with Crippen LogP contribution in [-0.2, 0) is 9.53 Å². The molecule has 0 amide bonds. The lowest BCUT2D eigenvalue weighted by molar-refractivity contribution is -0.384. The molecule has 4 atom stereocenters. The fourth-order valence-corrected chi connectivity index (χ4v) is 5.62. The van der Waals surface area contributed by atoms with Crippen molar-refractivity contribution >= 4 is 40.8 Å². The van der Waals surface area contributed by atoms with E-state index in [0.717, 1.165) is 5.56 Å². The number of anilines is 1. The minimum absolute atomic E-state index is 0.147. The molecule has 9 heteroatoms. The lowest BCUT2D eigenvalue weighted by atomic mass is 9.68. The third-order valence-electron chi connectivity index (χ3n) is 7.11. The molecule has 0 bridgehead atoms. The van der Waals surface area contributed by atoms with Crippen LogP contribution < -0.4 is 4.90 Å². The van der Waals surface area contributed by atoms with Crippen LogP contribution in [-0.4, -0.2) is 35.9 Å². The second kappa shape index (κ2) is 9.19. The summed E-state index contributed by atoms with van der Waals surface area (Å²) >= 11 is 6.06. The van der Waals surface area contributed by atoms with Crippen molar-refractivity contribution in [3.8, 4) is 6.07 Å². The van der Waals surface area contributed by atoms with Crippen LogP contribution in [0.15, 0.2) is 78.9 Å². The van der Waals surface area contributed by atoms with Crippen LogP contribution in [0.3, 0.4) is 0 Å². The Morgan fingerprint density at radius 1 is 1.08 bits per heavy atom. The first-order valence-electron chi connectivity index (χ1n) is 11.4. The van der Waals surface area contributed by atoms with E-state index in [-0.39, 0.29) is 11.5 Å². The summed E-state index contributed by atoms with van der Waals surface area (Å²) in [6.07, 6.45) is 3.57. The van der Waals surface area contributed by atoms with Crippen LogP contribution in [0.5, 0.6) is 0 Å². The van der Waals surface area contributed by atoms with Gasteiger partial charge in [-0.2, -0.15) is 5.26 Å². The molecule has 0 saturated carbocycles. The lowest BCUT2D eigenvalue weighted by Crippen LogP contribution is -2.46. The number of para-hydroxylation sites is 1. The second-order valence-corrected chi connectivity index (χ2v) is 9.32. The number of nitro groups is 1. The SMILES string of the molecule is COC(=O)[C@]1(C#N)[C@H](c2ccc([N+](=O)[O-])cc2)[C@H](C(=O)c2ccc(Cl)cc2)N2c3ccccc3C=C[C@H]21. The number of nitrogens with zero attached hydrogens (tertiary/aromatic N) is 3. The number of hydrogen-bond acceptors (Lipinski definition) is 7. The number of hydrogen-bond donors (Lipinski definition) is 0. The number of halogens is 1. The second-order valence-electron chi connectivity index (χ2n) is 8.88. The molecule has 2 aliphatic heterocycles. The fraction of sp³-hybridized carbons (Fsp3) is 0.179. The van der Waals surface area contributed by atoms with Gasteiger partial charge in [0, 0.05) is 34.3 Å². The Hall–Kier alpha value is -4.48. The quantitative estimate of drug-likeness (QED) is 0.200. The summed E-state index contributed by atoms with van der Waals surface area (Å²) < 4.78 is 5.17. The Balaban J connectivity index is 1.80. The van der Waals surface area contributed by atoms with Gasteiger partial charge >= 0.3 is 5.97 Å². The van der Waals surface area contributed by atoms with Gasteiger partial charge in [-0.1, -0.05) is 54.1 Å². The Labute approximate surface area is 217 Å². The first-order valence-corrected chi connectivity index (χ1v) is 11.8. The van der Waals surface area contributed by atoms with E-state index >= 15 is 0 Å². The van der Waals surface area contributed by atoms with Crippen LogP contribution in [0.25, 0.3) is 6.08 Å². The van der Waals surface area contributed by atoms with Crippen LogP contribution in [0.1, 0.15) is 27.4 Å². The van der Waals surface area contributed by atoms with Gasteiger partial charge in [0.15, 0.2) is 11.2 Å². The zero-order valence-electron chi connectivity index (χ0n) is 19.6. The van der Waals surface area contributed by atoms with Crippen molar-refractivity contribution in [1.29, 1.82) is 5.26 Å². The van der Waals surface area contributed by atoms with Gasteiger partial charge in [0.2, 0.25) is 0 Å². The number of rotatable bonds is 5. The number of methoxy groups -OCH3 is 1. The van der Waals surface area contributed by atoms with Crippen molar-refractivity contribution in [1.82, 2.24) is 0 Å². The highest BCUT2D eigenvalue weighted by molar-refractivity contribution is 6.30. The van der Waals surface area contributed by atoms with Gasteiger partial charge in [-0.05, 0) is 41.5 Å². The van der Waals surface area contributed by atoms with Crippen molar-refractivity contribution in [3.05, 3.63) is 111 Å². The van der Waals surface area contributed by atoms with E-state index in [9.17, 15) is 25.0 Å².